The monoisotopic (exact) mass is 189 g/mol. The summed E-state index contributed by atoms with van der Waals surface area (Å²) in [6.07, 6.45) is 10.7. The zero-order valence-electron chi connectivity index (χ0n) is 8.62. The van der Waals surface area contributed by atoms with Gasteiger partial charge < -0.3 is 0 Å². The van der Waals surface area contributed by atoms with E-state index in [-0.39, 0.29) is 5.54 Å². The van der Waals surface area contributed by atoms with E-state index in [0.29, 0.717) is 6.54 Å². The molecule has 3 nitrogen and oxygen atoms in total. The van der Waals surface area contributed by atoms with Gasteiger partial charge in [0, 0.05) is 24.5 Å². The number of terminal acetylenes is 1. The van der Waals surface area contributed by atoms with Crippen LogP contribution in [0.1, 0.15) is 19.4 Å². The van der Waals surface area contributed by atoms with E-state index in [9.17, 15) is 0 Å². The van der Waals surface area contributed by atoms with Gasteiger partial charge in [-0.15, -0.1) is 6.42 Å². The van der Waals surface area contributed by atoms with Crippen molar-refractivity contribution < 1.29 is 0 Å². The first-order valence-corrected chi connectivity index (χ1v) is 4.46. The predicted octanol–water partition coefficient (Wildman–Crippen LogP) is 1.49. The fraction of sp³-hybridized carbons (Fsp3) is 0.364. The van der Waals surface area contributed by atoms with Crippen LogP contribution in [-0.4, -0.2) is 15.3 Å². The fourth-order valence-electron chi connectivity index (χ4n) is 0.943. The highest BCUT2D eigenvalue weighted by Gasteiger charge is 2.12. The first-order valence-electron chi connectivity index (χ1n) is 4.46. The number of aromatic nitrogens is 2. The molecule has 1 rings (SSSR count). The van der Waals surface area contributed by atoms with Gasteiger partial charge in [0.1, 0.15) is 0 Å². The second-order valence-corrected chi connectivity index (χ2v) is 3.63. The maximum absolute atomic E-state index is 5.35. The molecule has 0 bridgehead atoms. The van der Waals surface area contributed by atoms with Crippen molar-refractivity contribution in [3.05, 3.63) is 24.5 Å². The summed E-state index contributed by atoms with van der Waals surface area (Å²) in [6, 6.07) is 0. The van der Waals surface area contributed by atoms with Crippen molar-refractivity contribution in [2.45, 2.75) is 25.9 Å². The van der Waals surface area contributed by atoms with E-state index in [1.54, 1.807) is 17.1 Å². The van der Waals surface area contributed by atoms with E-state index in [0.717, 1.165) is 5.56 Å². The molecule has 0 saturated heterocycles. The average molecular weight is 189 g/mol. The molecular weight excluding hydrogens is 174 g/mol. The van der Waals surface area contributed by atoms with Gasteiger partial charge in [-0.3, -0.25) is 5.32 Å². The van der Waals surface area contributed by atoms with Crippen LogP contribution in [0.3, 0.4) is 0 Å². The number of rotatable bonds is 4. The van der Waals surface area contributed by atoms with Gasteiger partial charge in [0.05, 0.1) is 11.7 Å². The van der Waals surface area contributed by atoms with Crippen LogP contribution in [0, 0.1) is 12.3 Å². The number of hydrogen-bond donors (Lipinski definition) is 1. The number of nitrogens with zero attached hydrogens (tertiary/aromatic N) is 2. The molecule has 0 aliphatic heterocycles. The van der Waals surface area contributed by atoms with E-state index in [4.69, 9.17) is 6.42 Å². The Bertz CT molecular complexity index is 355. The Morgan fingerprint density at radius 1 is 1.79 bits per heavy atom. The zero-order valence-corrected chi connectivity index (χ0v) is 8.62. The Kier molecular flexibility index (Phi) is 3.10. The molecular formula is C11H15N3. The summed E-state index contributed by atoms with van der Waals surface area (Å²) >= 11 is 0. The molecule has 3 heteroatoms. The summed E-state index contributed by atoms with van der Waals surface area (Å²) in [6.45, 7) is 8.26. The first kappa shape index (κ1) is 10.6. The lowest BCUT2D eigenvalue weighted by molar-refractivity contribution is 0.491. The Morgan fingerprint density at radius 2 is 2.50 bits per heavy atom. The maximum Gasteiger partial charge on any atom is 0.0743 e. The highest BCUT2D eigenvalue weighted by Crippen LogP contribution is 2.03. The third-order valence-electron chi connectivity index (χ3n) is 1.94. The summed E-state index contributed by atoms with van der Waals surface area (Å²) in [5, 5.41) is 7.31. The first-order chi connectivity index (χ1) is 6.57. The van der Waals surface area contributed by atoms with E-state index in [1.165, 1.54) is 0 Å². The average Bonchev–Trinajstić information content (AvgIpc) is 2.63. The van der Waals surface area contributed by atoms with Gasteiger partial charge in [-0.25, -0.2) is 4.68 Å². The highest BCUT2D eigenvalue weighted by molar-refractivity contribution is 5.18. The highest BCUT2D eigenvalue weighted by atomic mass is 15.2. The number of nitrogens with one attached hydrogen (secondary N) is 1. The van der Waals surface area contributed by atoms with E-state index < -0.39 is 0 Å². The maximum atomic E-state index is 5.35. The van der Waals surface area contributed by atoms with Crippen molar-refractivity contribution in [2.75, 3.05) is 0 Å². The summed E-state index contributed by atoms with van der Waals surface area (Å²) in [7, 11) is 0. The quantitative estimate of drug-likeness (QED) is 0.727. The molecule has 1 aromatic rings. The molecule has 0 aromatic carbocycles. The van der Waals surface area contributed by atoms with Crippen molar-refractivity contribution >= 4 is 6.20 Å². The molecule has 1 aromatic heterocycles. The smallest absolute Gasteiger partial charge is 0.0743 e. The minimum absolute atomic E-state index is 0.281. The van der Waals surface area contributed by atoms with Crippen molar-refractivity contribution in [2.24, 2.45) is 0 Å². The molecule has 0 fully saturated rings. The lowest BCUT2D eigenvalue weighted by atomic mass is 10.1. The summed E-state index contributed by atoms with van der Waals surface area (Å²) in [4.78, 5) is 0. The van der Waals surface area contributed by atoms with Gasteiger partial charge in [-0.1, -0.05) is 12.5 Å². The SMILES string of the molecule is C#CC(C)(C)NCc1cnn(C=C)c1. The van der Waals surface area contributed by atoms with Gasteiger partial charge in [0.2, 0.25) is 0 Å². The third-order valence-corrected chi connectivity index (χ3v) is 1.94. The topological polar surface area (TPSA) is 29.9 Å². The fourth-order valence-corrected chi connectivity index (χ4v) is 0.943. The molecule has 0 spiro atoms. The molecule has 0 aliphatic rings. The minimum Gasteiger partial charge on any atom is -0.297 e. The summed E-state index contributed by atoms with van der Waals surface area (Å²) < 4.78 is 1.67. The molecule has 14 heavy (non-hydrogen) atoms. The lowest BCUT2D eigenvalue weighted by Crippen LogP contribution is -2.36. The molecule has 0 aliphatic carbocycles. The Labute approximate surface area is 84.8 Å². The predicted molar refractivity (Wildman–Crippen MR) is 58.4 cm³/mol. The molecule has 0 atom stereocenters. The Balaban J connectivity index is 2.54. The van der Waals surface area contributed by atoms with Crippen LogP contribution in [0.4, 0.5) is 0 Å². The number of hydrogen-bond acceptors (Lipinski definition) is 2. The largest absolute Gasteiger partial charge is 0.297 e. The molecule has 0 unspecified atom stereocenters. The van der Waals surface area contributed by atoms with E-state index in [2.05, 4.69) is 22.9 Å². The Hall–Kier alpha value is -1.53. The van der Waals surface area contributed by atoms with Gasteiger partial charge in [-0.05, 0) is 13.8 Å². The Morgan fingerprint density at radius 3 is 3.00 bits per heavy atom. The van der Waals surface area contributed by atoms with Gasteiger partial charge in [0.15, 0.2) is 0 Å². The molecule has 1 N–H and O–H groups in total. The van der Waals surface area contributed by atoms with Crippen LogP contribution in [0.15, 0.2) is 19.0 Å². The van der Waals surface area contributed by atoms with Gasteiger partial charge in [-0.2, -0.15) is 5.10 Å². The molecule has 1 heterocycles. The van der Waals surface area contributed by atoms with Gasteiger partial charge in [0.25, 0.3) is 0 Å². The second-order valence-electron chi connectivity index (χ2n) is 3.63. The summed E-state index contributed by atoms with van der Waals surface area (Å²) in [5.41, 5.74) is 0.809. The van der Waals surface area contributed by atoms with E-state index >= 15 is 0 Å². The zero-order chi connectivity index (χ0) is 10.6. The standard InChI is InChI=1S/C11H15N3/c1-5-11(3,4)12-7-10-8-13-14(6-2)9-10/h1,6,8-9,12H,2,7H2,3-4H3. The van der Waals surface area contributed by atoms with Crippen LogP contribution >= 0.6 is 0 Å². The van der Waals surface area contributed by atoms with Crippen molar-refractivity contribution in [3.63, 3.8) is 0 Å². The third kappa shape index (κ3) is 2.75. The van der Waals surface area contributed by atoms with Crippen LogP contribution < -0.4 is 5.32 Å². The molecule has 74 valence electrons. The molecule has 0 saturated carbocycles. The van der Waals surface area contributed by atoms with Crippen LogP contribution in [0.2, 0.25) is 0 Å². The van der Waals surface area contributed by atoms with Crippen molar-refractivity contribution in [1.82, 2.24) is 15.1 Å². The summed E-state index contributed by atoms with van der Waals surface area (Å²) in [5.74, 6) is 2.67. The van der Waals surface area contributed by atoms with Gasteiger partial charge >= 0.3 is 0 Å². The minimum atomic E-state index is -0.281. The van der Waals surface area contributed by atoms with Crippen LogP contribution in [0.25, 0.3) is 6.20 Å². The van der Waals surface area contributed by atoms with Crippen LogP contribution in [0.5, 0.6) is 0 Å². The van der Waals surface area contributed by atoms with Crippen molar-refractivity contribution in [1.29, 1.82) is 0 Å². The van der Waals surface area contributed by atoms with Crippen LogP contribution in [-0.2, 0) is 6.54 Å². The second kappa shape index (κ2) is 4.12. The lowest BCUT2D eigenvalue weighted by Gasteiger charge is -2.18. The molecule has 0 amide bonds. The van der Waals surface area contributed by atoms with E-state index in [1.807, 2.05) is 20.0 Å². The van der Waals surface area contributed by atoms with Crippen molar-refractivity contribution in [3.8, 4) is 12.3 Å². The molecule has 0 radical (unpaired) electrons. The normalized spacial score (nSPS) is 10.9.